The Morgan fingerprint density at radius 3 is 2.52 bits per heavy atom. The molecule has 126 valence electrons. The average molecular weight is 332 g/mol. The molecule has 4 heteroatoms. The first-order valence-electron chi connectivity index (χ1n) is 8.13. The van der Waals surface area contributed by atoms with Crippen molar-refractivity contribution in [2.24, 2.45) is 5.10 Å². The molecule has 0 unspecified atom stereocenters. The van der Waals surface area contributed by atoms with Crippen molar-refractivity contribution in [2.75, 3.05) is 0 Å². The minimum absolute atomic E-state index is 0.167. The predicted molar refractivity (Wildman–Crippen MR) is 101 cm³/mol. The summed E-state index contributed by atoms with van der Waals surface area (Å²) in [5.41, 5.74) is 5.93. The lowest BCUT2D eigenvalue weighted by molar-refractivity contribution is -0.120. The Labute approximate surface area is 146 Å². The van der Waals surface area contributed by atoms with Crippen LogP contribution in [0.4, 0.5) is 0 Å². The normalized spacial score (nSPS) is 11.1. The van der Waals surface area contributed by atoms with Gasteiger partial charge in [-0.15, -0.1) is 0 Å². The second kappa shape index (κ2) is 7.18. The van der Waals surface area contributed by atoms with Gasteiger partial charge in [0.1, 0.15) is 5.75 Å². The van der Waals surface area contributed by atoms with Gasteiger partial charge in [-0.2, -0.15) is 5.10 Å². The maximum atomic E-state index is 12.2. The highest BCUT2D eigenvalue weighted by molar-refractivity contribution is 5.90. The monoisotopic (exact) mass is 332 g/mol. The highest BCUT2D eigenvalue weighted by Gasteiger charge is 2.06. The van der Waals surface area contributed by atoms with Crippen molar-refractivity contribution in [1.82, 2.24) is 5.43 Å². The summed E-state index contributed by atoms with van der Waals surface area (Å²) in [4.78, 5) is 12.2. The van der Waals surface area contributed by atoms with Gasteiger partial charge in [0.05, 0.1) is 12.6 Å². The molecule has 0 heterocycles. The lowest BCUT2D eigenvalue weighted by atomic mass is 10.0. The number of hydrogen-bond acceptors (Lipinski definition) is 3. The Morgan fingerprint density at radius 1 is 1.08 bits per heavy atom. The number of nitrogens with one attached hydrogen (secondary N) is 1. The fraction of sp³-hybridized carbons (Fsp3) is 0.143. The molecule has 3 aromatic carbocycles. The molecule has 0 fully saturated rings. The smallest absolute Gasteiger partial charge is 0.244 e. The number of aryl methyl sites for hydroxylation is 2. The van der Waals surface area contributed by atoms with Crippen LogP contribution in [0.1, 0.15) is 22.3 Å². The molecule has 0 atom stereocenters. The fourth-order valence-electron chi connectivity index (χ4n) is 2.90. The number of hydrazone groups is 1. The second-order valence-corrected chi connectivity index (χ2v) is 6.11. The largest absolute Gasteiger partial charge is 0.507 e. The molecule has 0 radical (unpaired) electrons. The Balaban J connectivity index is 1.69. The van der Waals surface area contributed by atoms with E-state index in [0.29, 0.717) is 0 Å². The predicted octanol–water partition coefficient (Wildman–Crippen LogP) is 3.86. The topological polar surface area (TPSA) is 61.7 Å². The van der Waals surface area contributed by atoms with Crippen molar-refractivity contribution in [1.29, 1.82) is 0 Å². The van der Waals surface area contributed by atoms with E-state index in [9.17, 15) is 9.90 Å². The van der Waals surface area contributed by atoms with Crippen LogP contribution in [-0.4, -0.2) is 17.2 Å². The maximum Gasteiger partial charge on any atom is 0.244 e. The van der Waals surface area contributed by atoms with Crippen molar-refractivity contribution in [3.63, 3.8) is 0 Å². The van der Waals surface area contributed by atoms with E-state index in [2.05, 4.69) is 10.5 Å². The van der Waals surface area contributed by atoms with Crippen LogP contribution in [0.5, 0.6) is 5.75 Å². The molecule has 0 spiro atoms. The SMILES string of the molecule is Cc1cc(/C=N/NC(=O)Cc2cccc3ccccc23)cc(C)c1O. The van der Waals surface area contributed by atoms with Gasteiger partial charge in [0.2, 0.25) is 5.91 Å². The van der Waals surface area contributed by atoms with Crippen LogP contribution in [0.2, 0.25) is 0 Å². The molecule has 0 saturated carbocycles. The zero-order valence-corrected chi connectivity index (χ0v) is 14.3. The number of phenolic OH excluding ortho intramolecular Hbond substituents is 1. The third-order valence-corrected chi connectivity index (χ3v) is 4.15. The van der Waals surface area contributed by atoms with E-state index in [1.54, 1.807) is 6.21 Å². The number of carbonyl (C=O) groups excluding carboxylic acids is 1. The van der Waals surface area contributed by atoms with E-state index < -0.39 is 0 Å². The molecule has 3 rings (SSSR count). The molecule has 0 aliphatic heterocycles. The first-order valence-corrected chi connectivity index (χ1v) is 8.13. The Hall–Kier alpha value is -3.14. The number of rotatable bonds is 4. The summed E-state index contributed by atoms with van der Waals surface area (Å²) in [6.07, 6.45) is 1.85. The zero-order valence-electron chi connectivity index (χ0n) is 14.3. The molecule has 4 nitrogen and oxygen atoms in total. The second-order valence-electron chi connectivity index (χ2n) is 6.11. The molecule has 3 aromatic rings. The van der Waals surface area contributed by atoms with Crippen molar-refractivity contribution < 1.29 is 9.90 Å². The maximum absolute atomic E-state index is 12.2. The molecular formula is C21H20N2O2. The number of aromatic hydroxyl groups is 1. The molecule has 1 amide bonds. The third-order valence-electron chi connectivity index (χ3n) is 4.15. The standard InChI is InChI=1S/C21H20N2O2/c1-14-10-16(11-15(2)21(14)25)13-22-23-20(24)12-18-8-5-7-17-6-3-4-9-19(17)18/h3-11,13,25H,12H2,1-2H3,(H,23,24)/b22-13+. The molecule has 0 bridgehead atoms. The number of hydrogen-bond donors (Lipinski definition) is 2. The molecule has 0 aliphatic carbocycles. The van der Waals surface area contributed by atoms with Crippen molar-refractivity contribution >= 4 is 22.9 Å². The van der Waals surface area contributed by atoms with E-state index in [0.717, 1.165) is 33.0 Å². The summed E-state index contributed by atoms with van der Waals surface area (Å²) < 4.78 is 0. The van der Waals surface area contributed by atoms with E-state index in [1.807, 2.05) is 68.4 Å². The lowest BCUT2D eigenvalue weighted by Crippen LogP contribution is -2.19. The summed E-state index contributed by atoms with van der Waals surface area (Å²) >= 11 is 0. The van der Waals surface area contributed by atoms with Gasteiger partial charge in [-0.25, -0.2) is 5.43 Å². The van der Waals surface area contributed by atoms with Gasteiger partial charge in [-0.05, 0) is 59.0 Å². The minimum atomic E-state index is -0.167. The number of amides is 1. The van der Waals surface area contributed by atoms with E-state index >= 15 is 0 Å². The van der Waals surface area contributed by atoms with Gasteiger partial charge in [0.15, 0.2) is 0 Å². The highest BCUT2D eigenvalue weighted by atomic mass is 16.3. The van der Waals surface area contributed by atoms with Crippen LogP contribution >= 0.6 is 0 Å². The molecule has 0 saturated heterocycles. The number of fused-ring (bicyclic) bond motifs is 1. The first kappa shape index (κ1) is 16.7. The van der Waals surface area contributed by atoms with Gasteiger partial charge >= 0.3 is 0 Å². The summed E-state index contributed by atoms with van der Waals surface area (Å²) in [7, 11) is 0. The molecule has 0 aliphatic rings. The first-order chi connectivity index (χ1) is 12.0. The summed E-state index contributed by atoms with van der Waals surface area (Å²) in [5.74, 6) is 0.122. The molecule has 25 heavy (non-hydrogen) atoms. The molecular weight excluding hydrogens is 312 g/mol. The Bertz CT molecular complexity index is 933. The quantitative estimate of drug-likeness (QED) is 0.563. The van der Waals surface area contributed by atoms with Crippen LogP contribution in [-0.2, 0) is 11.2 Å². The fourth-order valence-corrected chi connectivity index (χ4v) is 2.90. The summed E-state index contributed by atoms with van der Waals surface area (Å²) in [6.45, 7) is 3.66. The van der Waals surface area contributed by atoms with Crippen LogP contribution in [0.25, 0.3) is 10.8 Å². The van der Waals surface area contributed by atoms with E-state index in [4.69, 9.17) is 0 Å². The van der Waals surface area contributed by atoms with Crippen LogP contribution in [0.15, 0.2) is 59.7 Å². The number of benzene rings is 3. The third kappa shape index (κ3) is 3.86. The average Bonchev–Trinajstić information content (AvgIpc) is 2.60. The highest BCUT2D eigenvalue weighted by Crippen LogP contribution is 2.22. The van der Waals surface area contributed by atoms with Gasteiger partial charge in [-0.1, -0.05) is 42.5 Å². The van der Waals surface area contributed by atoms with Crippen molar-refractivity contribution in [2.45, 2.75) is 20.3 Å². The van der Waals surface area contributed by atoms with Crippen molar-refractivity contribution in [3.05, 3.63) is 76.9 Å². The molecule has 0 aromatic heterocycles. The number of carbonyl (C=O) groups is 1. The lowest BCUT2D eigenvalue weighted by Gasteiger charge is -2.06. The van der Waals surface area contributed by atoms with Gasteiger partial charge < -0.3 is 5.11 Å². The van der Waals surface area contributed by atoms with Crippen LogP contribution < -0.4 is 5.43 Å². The van der Waals surface area contributed by atoms with Crippen LogP contribution in [0, 0.1) is 13.8 Å². The van der Waals surface area contributed by atoms with E-state index in [-0.39, 0.29) is 18.1 Å². The molecule has 2 N–H and O–H groups in total. The van der Waals surface area contributed by atoms with E-state index in [1.165, 1.54) is 0 Å². The zero-order chi connectivity index (χ0) is 17.8. The van der Waals surface area contributed by atoms with Crippen molar-refractivity contribution in [3.8, 4) is 5.75 Å². The van der Waals surface area contributed by atoms with Gasteiger partial charge in [0.25, 0.3) is 0 Å². The minimum Gasteiger partial charge on any atom is -0.507 e. The Morgan fingerprint density at radius 2 is 1.76 bits per heavy atom. The van der Waals surface area contributed by atoms with Crippen LogP contribution in [0.3, 0.4) is 0 Å². The van der Waals surface area contributed by atoms with Gasteiger partial charge in [0, 0.05) is 0 Å². The number of phenols is 1. The number of nitrogens with zero attached hydrogens (tertiary/aromatic N) is 1. The Kier molecular flexibility index (Phi) is 4.80. The summed E-state index contributed by atoms with van der Waals surface area (Å²) in [6, 6.07) is 17.6. The summed E-state index contributed by atoms with van der Waals surface area (Å²) in [5, 5.41) is 16.0. The van der Waals surface area contributed by atoms with Gasteiger partial charge in [-0.3, -0.25) is 4.79 Å².